The standard InChI is InChI=1S/C28H37N3O4S/c1-4-15-29(3)25(33)22-21-13-14-28(36-21)23(22)26(34)31(17-9-10-18-32)24(28)27(35)30(16-5-2)19-20-11-7-6-8-12-20/h4-8,11-12,21-24,32H,1-2,9-10,13-19H2,3H3/t21-,22+,23-,24?,28?/m0/s1. The molecule has 7 nitrogen and oxygen atoms in total. The molecule has 1 N–H and O–H groups in total. The van der Waals surface area contributed by atoms with Crippen LogP contribution >= 0.6 is 11.8 Å². The third-order valence-corrected chi connectivity index (χ3v) is 9.73. The lowest BCUT2D eigenvalue weighted by atomic mass is 9.70. The second kappa shape index (κ2) is 11.2. The SMILES string of the molecule is C=CCN(C)C(=O)[C@@H]1[C@@H]2CCC3(S2)C(C(=O)N(CC=C)Cc2ccccc2)N(CCCCO)C(=O)[C@H]13. The van der Waals surface area contributed by atoms with Crippen LogP contribution in [-0.4, -0.2) is 86.9 Å². The zero-order valence-electron chi connectivity index (χ0n) is 21.1. The highest BCUT2D eigenvalue weighted by molar-refractivity contribution is 8.02. The number of nitrogens with zero attached hydrogens (tertiary/aromatic N) is 3. The van der Waals surface area contributed by atoms with Crippen molar-refractivity contribution in [3.05, 3.63) is 61.2 Å². The Bertz CT molecular complexity index is 1000. The van der Waals surface area contributed by atoms with Crippen LogP contribution in [0.5, 0.6) is 0 Å². The maximum absolute atomic E-state index is 14.3. The molecule has 3 heterocycles. The first-order chi connectivity index (χ1) is 17.4. The zero-order chi connectivity index (χ0) is 25.9. The van der Waals surface area contributed by atoms with Crippen molar-refractivity contribution in [2.24, 2.45) is 11.8 Å². The van der Waals surface area contributed by atoms with Crippen molar-refractivity contribution in [1.29, 1.82) is 0 Å². The molecule has 3 aliphatic heterocycles. The minimum absolute atomic E-state index is 0.0376. The van der Waals surface area contributed by atoms with Gasteiger partial charge in [0.25, 0.3) is 0 Å². The predicted molar refractivity (Wildman–Crippen MR) is 142 cm³/mol. The van der Waals surface area contributed by atoms with Crippen LogP contribution in [0.25, 0.3) is 0 Å². The lowest BCUT2D eigenvalue weighted by Gasteiger charge is -2.37. The summed E-state index contributed by atoms with van der Waals surface area (Å²) in [4.78, 5) is 46.9. The van der Waals surface area contributed by atoms with Gasteiger partial charge in [-0.1, -0.05) is 42.5 Å². The van der Waals surface area contributed by atoms with Crippen LogP contribution in [0.15, 0.2) is 55.6 Å². The summed E-state index contributed by atoms with van der Waals surface area (Å²) in [6.07, 6.45) is 6.14. The first-order valence-electron chi connectivity index (χ1n) is 12.8. The molecule has 8 heteroatoms. The molecule has 3 saturated heterocycles. The summed E-state index contributed by atoms with van der Waals surface area (Å²) < 4.78 is -0.608. The lowest BCUT2D eigenvalue weighted by Crippen LogP contribution is -2.54. The fourth-order valence-electron chi connectivity index (χ4n) is 6.25. The van der Waals surface area contributed by atoms with Gasteiger partial charge in [-0.25, -0.2) is 0 Å². The maximum Gasteiger partial charge on any atom is 0.247 e. The smallest absolute Gasteiger partial charge is 0.247 e. The van der Waals surface area contributed by atoms with Gasteiger partial charge in [0.2, 0.25) is 17.7 Å². The summed E-state index contributed by atoms with van der Waals surface area (Å²) >= 11 is 1.69. The van der Waals surface area contributed by atoms with Crippen molar-refractivity contribution < 1.29 is 19.5 Å². The third kappa shape index (κ3) is 4.61. The van der Waals surface area contributed by atoms with E-state index in [2.05, 4.69) is 13.2 Å². The lowest BCUT2D eigenvalue weighted by molar-refractivity contribution is -0.144. The molecule has 3 fully saturated rings. The molecule has 1 aromatic rings. The number of unbranched alkanes of at least 4 members (excludes halogenated alkanes) is 1. The van der Waals surface area contributed by atoms with Gasteiger partial charge in [0.15, 0.2) is 0 Å². The number of amides is 3. The zero-order valence-corrected chi connectivity index (χ0v) is 21.9. The van der Waals surface area contributed by atoms with Crippen LogP contribution in [0.1, 0.15) is 31.2 Å². The molecule has 1 spiro atoms. The van der Waals surface area contributed by atoms with Gasteiger partial charge in [-0.2, -0.15) is 0 Å². The summed E-state index contributed by atoms with van der Waals surface area (Å²) in [7, 11) is 1.75. The van der Waals surface area contributed by atoms with Crippen LogP contribution in [0, 0.1) is 11.8 Å². The van der Waals surface area contributed by atoms with E-state index in [-0.39, 0.29) is 29.6 Å². The number of thioether (sulfide) groups is 1. The van der Waals surface area contributed by atoms with Crippen molar-refractivity contribution in [3.8, 4) is 0 Å². The average molecular weight is 512 g/mol. The summed E-state index contributed by atoms with van der Waals surface area (Å²) in [5.41, 5.74) is 1.01. The highest BCUT2D eigenvalue weighted by Crippen LogP contribution is 2.66. The number of rotatable bonds is 12. The summed E-state index contributed by atoms with van der Waals surface area (Å²) in [5, 5.41) is 9.38. The quantitative estimate of drug-likeness (QED) is 0.345. The van der Waals surface area contributed by atoms with E-state index < -0.39 is 22.6 Å². The molecule has 0 radical (unpaired) electrons. The third-order valence-electron chi connectivity index (χ3n) is 7.78. The van der Waals surface area contributed by atoms with Gasteiger partial charge < -0.3 is 19.8 Å². The van der Waals surface area contributed by atoms with E-state index in [1.54, 1.807) is 45.7 Å². The predicted octanol–water partition coefficient (Wildman–Crippen LogP) is 2.71. The van der Waals surface area contributed by atoms with E-state index >= 15 is 0 Å². The molecule has 4 rings (SSSR count). The second-order valence-corrected chi connectivity index (χ2v) is 11.6. The van der Waals surface area contributed by atoms with E-state index in [4.69, 9.17) is 0 Å². The molecule has 0 aromatic heterocycles. The molecule has 0 aliphatic carbocycles. The van der Waals surface area contributed by atoms with Gasteiger partial charge in [-0.3, -0.25) is 14.4 Å². The Kier molecular flexibility index (Phi) is 8.25. The Morgan fingerprint density at radius 1 is 1.17 bits per heavy atom. The van der Waals surface area contributed by atoms with Gasteiger partial charge in [-0.15, -0.1) is 24.9 Å². The largest absolute Gasteiger partial charge is 0.396 e. The number of hydrogen-bond donors (Lipinski definition) is 1. The first-order valence-corrected chi connectivity index (χ1v) is 13.7. The molecular formula is C28H37N3O4S. The van der Waals surface area contributed by atoms with E-state index in [1.165, 1.54) is 0 Å². The number of carbonyl (C=O) groups is 3. The van der Waals surface area contributed by atoms with E-state index in [1.807, 2.05) is 30.3 Å². The first kappa shape index (κ1) is 26.5. The summed E-state index contributed by atoms with van der Waals surface area (Å²) in [6.45, 7) is 9.28. The molecule has 2 unspecified atom stereocenters. The van der Waals surface area contributed by atoms with E-state index in [0.29, 0.717) is 39.0 Å². The number of hydrogen-bond acceptors (Lipinski definition) is 5. The van der Waals surface area contributed by atoms with Crippen LogP contribution < -0.4 is 0 Å². The summed E-state index contributed by atoms with van der Waals surface area (Å²) in [5.74, 6) is -1.15. The molecule has 3 amide bonds. The molecule has 5 atom stereocenters. The number of likely N-dealkylation sites (N-methyl/N-ethyl adjacent to an activating group) is 1. The van der Waals surface area contributed by atoms with Gasteiger partial charge in [-0.05, 0) is 31.2 Å². The van der Waals surface area contributed by atoms with Crippen molar-refractivity contribution in [2.75, 3.05) is 33.3 Å². The monoisotopic (exact) mass is 511 g/mol. The Labute approximate surface area is 218 Å². The second-order valence-electron chi connectivity index (χ2n) is 10.0. The molecule has 0 saturated carbocycles. The van der Waals surface area contributed by atoms with E-state index in [9.17, 15) is 19.5 Å². The van der Waals surface area contributed by atoms with E-state index in [0.717, 1.165) is 18.4 Å². The van der Waals surface area contributed by atoms with Crippen molar-refractivity contribution in [1.82, 2.24) is 14.7 Å². The van der Waals surface area contributed by atoms with Crippen LogP contribution in [0.4, 0.5) is 0 Å². The van der Waals surface area contributed by atoms with Crippen molar-refractivity contribution in [2.45, 2.75) is 48.3 Å². The summed E-state index contributed by atoms with van der Waals surface area (Å²) in [6, 6.07) is 9.19. The Morgan fingerprint density at radius 3 is 2.56 bits per heavy atom. The number of benzene rings is 1. The van der Waals surface area contributed by atoms with Gasteiger partial charge in [0.05, 0.1) is 16.6 Å². The average Bonchev–Trinajstić information content (AvgIpc) is 3.51. The molecular weight excluding hydrogens is 474 g/mol. The normalized spacial score (nSPS) is 28.2. The molecule has 1 aromatic carbocycles. The molecule has 3 aliphatic rings. The number of aliphatic hydroxyl groups is 1. The molecule has 2 bridgehead atoms. The Morgan fingerprint density at radius 2 is 1.89 bits per heavy atom. The maximum atomic E-state index is 14.3. The minimum atomic E-state index is -0.630. The number of aliphatic hydroxyl groups excluding tert-OH is 1. The number of fused-ring (bicyclic) bond motifs is 1. The van der Waals surface area contributed by atoms with Crippen molar-refractivity contribution in [3.63, 3.8) is 0 Å². The highest BCUT2D eigenvalue weighted by Gasteiger charge is 2.73. The van der Waals surface area contributed by atoms with Crippen LogP contribution in [-0.2, 0) is 20.9 Å². The fourth-order valence-corrected chi connectivity index (χ4v) is 8.46. The Hall–Kier alpha value is -2.58. The van der Waals surface area contributed by atoms with Gasteiger partial charge in [0, 0.05) is 45.1 Å². The highest BCUT2D eigenvalue weighted by atomic mass is 32.2. The number of likely N-dealkylation sites (tertiary alicyclic amines) is 1. The Balaban J connectivity index is 1.69. The fraction of sp³-hybridized carbons (Fsp3) is 0.536. The van der Waals surface area contributed by atoms with Crippen molar-refractivity contribution >= 4 is 29.5 Å². The van der Waals surface area contributed by atoms with Gasteiger partial charge in [0.1, 0.15) is 6.04 Å². The van der Waals surface area contributed by atoms with Gasteiger partial charge >= 0.3 is 0 Å². The van der Waals surface area contributed by atoms with Crippen LogP contribution in [0.2, 0.25) is 0 Å². The molecule has 194 valence electrons. The number of carbonyl (C=O) groups excluding carboxylic acids is 3. The molecule has 36 heavy (non-hydrogen) atoms. The topological polar surface area (TPSA) is 81.2 Å². The van der Waals surface area contributed by atoms with Crippen LogP contribution in [0.3, 0.4) is 0 Å². The minimum Gasteiger partial charge on any atom is -0.396 e.